The van der Waals surface area contributed by atoms with E-state index in [1.54, 1.807) is 30.3 Å². The van der Waals surface area contributed by atoms with Crippen LogP contribution in [0.3, 0.4) is 0 Å². The highest BCUT2D eigenvalue weighted by Gasteiger charge is 2.07. The number of phenols is 1. The van der Waals surface area contributed by atoms with Crippen LogP contribution in [0, 0.1) is 0 Å². The summed E-state index contributed by atoms with van der Waals surface area (Å²) >= 11 is 0. The third-order valence-electron chi connectivity index (χ3n) is 2.21. The molecule has 2 aromatic rings. The van der Waals surface area contributed by atoms with E-state index in [0.717, 1.165) is 0 Å². The minimum atomic E-state index is -0.225. The van der Waals surface area contributed by atoms with Gasteiger partial charge in [0.15, 0.2) is 0 Å². The lowest BCUT2D eigenvalue weighted by molar-refractivity contribution is 0.0950. The molecule has 4 nitrogen and oxygen atoms in total. The third-order valence-corrected chi connectivity index (χ3v) is 2.21. The number of para-hydroxylation sites is 1. The van der Waals surface area contributed by atoms with Crippen molar-refractivity contribution in [3.63, 3.8) is 0 Å². The predicted octanol–water partition coefficient (Wildman–Crippen LogP) is 1.92. The smallest absolute Gasteiger partial charge is 0.254 e. The van der Waals surface area contributed by atoms with Crippen molar-refractivity contribution in [2.45, 2.75) is 6.54 Å². The Kier molecular flexibility index (Phi) is 2.91. The van der Waals surface area contributed by atoms with Crippen LogP contribution in [0.4, 0.5) is 0 Å². The molecule has 0 spiro atoms. The van der Waals surface area contributed by atoms with E-state index in [9.17, 15) is 9.90 Å². The van der Waals surface area contributed by atoms with Gasteiger partial charge < -0.3 is 14.8 Å². The Morgan fingerprint density at radius 1 is 1.31 bits per heavy atom. The summed E-state index contributed by atoms with van der Waals surface area (Å²) in [7, 11) is 0. The first-order chi connectivity index (χ1) is 7.77. The Hall–Kier alpha value is -2.23. The van der Waals surface area contributed by atoms with Gasteiger partial charge in [0.05, 0.1) is 11.8 Å². The molecule has 1 heterocycles. The van der Waals surface area contributed by atoms with Gasteiger partial charge in [-0.3, -0.25) is 4.79 Å². The van der Waals surface area contributed by atoms with E-state index in [4.69, 9.17) is 4.42 Å². The molecule has 1 aromatic heterocycles. The quantitative estimate of drug-likeness (QED) is 0.825. The molecule has 0 aliphatic rings. The molecule has 4 heteroatoms. The van der Waals surface area contributed by atoms with Crippen LogP contribution in [0.15, 0.2) is 47.3 Å². The van der Waals surface area contributed by atoms with E-state index in [1.165, 1.54) is 12.5 Å². The van der Waals surface area contributed by atoms with Gasteiger partial charge in [-0.1, -0.05) is 18.2 Å². The lowest BCUT2D eigenvalue weighted by Gasteiger charge is -2.05. The summed E-state index contributed by atoms with van der Waals surface area (Å²) in [4.78, 5) is 11.5. The summed E-state index contributed by atoms with van der Waals surface area (Å²) in [5, 5.41) is 12.2. The van der Waals surface area contributed by atoms with Gasteiger partial charge in [-0.25, -0.2) is 0 Å². The second kappa shape index (κ2) is 4.53. The largest absolute Gasteiger partial charge is 0.508 e. The lowest BCUT2D eigenvalue weighted by Crippen LogP contribution is -2.22. The molecule has 16 heavy (non-hydrogen) atoms. The normalized spacial score (nSPS) is 10.0. The van der Waals surface area contributed by atoms with Crippen LogP contribution < -0.4 is 5.32 Å². The molecule has 2 rings (SSSR count). The van der Waals surface area contributed by atoms with Gasteiger partial charge in [-0.15, -0.1) is 0 Å². The molecule has 82 valence electrons. The Balaban J connectivity index is 1.98. The zero-order valence-electron chi connectivity index (χ0n) is 8.51. The van der Waals surface area contributed by atoms with Crippen LogP contribution in [0.5, 0.6) is 5.75 Å². The summed E-state index contributed by atoms with van der Waals surface area (Å²) in [5.74, 6) is -0.0491. The van der Waals surface area contributed by atoms with E-state index < -0.39 is 0 Å². The van der Waals surface area contributed by atoms with Crippen molar-refractivity contribution in [3.8, 4) is 5.75 Å². The zero-order valence-corrected chi connectivity index (χ0v) is 8.51. The van der Waals surface area contributed by atoms with Gasteiger partial charge in [0.2, 0.25) is 0 Å². The van der Waals surface area contributed by atoms with Crippen molar-refractivity contribution in [2.24, 2.45) is 0 Å². The second-order valence-corrected chi connectivity index (χ2v) is 3.32. The number of amides is 1. The lowest BCUT2D eigenvalue weighted by atomic mass is 10.2. The first-order valence-electron chi connectivity index (χ1n) is 4.84. The van der Waals surface area contributed by atoms with Crippen molar-refractivity contribution >= 4 is 5.91 Å². The number of phenolic OH excluding ortho intramolecular Hbond substituents is 1. The average molecular weight is 217 g/mol. The van der Waals surface area contributed by atoms with Crippen LogP contribution in [0.1, 0.15) is 15.9 Å². The number of furan rings is 1. The van der Waals surface area contributed by atoms with Gasteiger partial charge in [-0.05, 0) is 12.1 Å². The molecule has 0 bridgehead atoms. The van der Waals surface area contributed by atoms with E-state index in [0.29, 0.717) is 11.1 Å². The monoisotopic (exact) mass is 217 g/mol. The number of carbonyl (C=O) groups is 1. The van der Waals surface area contributed by atoms with Crippen molar-refractivity contribution < 1.29 is 14.3 Å². The molecule has 1 aromatic carbocycles. The Morgan fingerprint density at radius 3 is 2.81 bits per heavy atom. The molecule has 2 N–H and O–H groups in total. The number of carbonyl (C=O) groups excluding carboxylic acids is 1. The topological polar surface area (TPSA) is 62.5 Å². The molecule has 1 amide bonds. The second-order valence-electron chi connectivity index (χ2n) is 3.32. The summed E-state index contributed by atoms with van der Waals surface area (Å²) in [6, 6.07) is 8.46. The molecule has 0 fully saturated rings. The number of hydrogen-bond acceptors (Lipinski definition) is 3. The van der Waals surface area contributed by atoms with Crippen molar-refractivity contribution in [2.75, 3.05) is 0 Å². The minimum Gasteiger partial charge on any atom is -0.508 e. The SMILES string of the molecule is O=C(NCc1ccccc1O)c1ccoc1. The van der Waals surface area contributed by atoms with E-state index in [2.05, 4.69) is 5.32 Å². The highest BCUT2D eigenvalue weighted by Crippen LogP contribution is 2.15. The highest BCUT2D eigenvalue weighted by atomic mass is 16.3. The standard InChI is InChI=1S/C12H11NO3/c14-11-4-2-1-3-9(11)7-13-12(15)10-5-6-16-8-10/h1-6,8,14H,7H2,(H,13,15). The molecule has 0 saturated heterocycles. The molecule has 0 aliphatic carbocycles. The first-order valence-corrected chi connectivity index (χ1v) is 4.84. The Bertz CT molecular complexity index is 477. The summed E-state index contributed by atoms with van der Waals surface area (Å²) in [5.41, 5.74) is 1.15. The summed E-state index contributed by atoms with van der Waals surface area (Å²) in [6.45, 7) is 0.288. The molecular formula is C12H11NO3. The highest BCUT2D eigenvalue weighted by molar-refractivity contribution is 5.93. The van der Waals surface area contributed by atoms with Crippen molar-refractivity contribution in [1.82, 2.24) is 5.32 Å². The van der Waals surface area contributed by atoms with Crippen molar-refractivity contribution in [1.29, 1.82) is 0 Å². The molecule has 0 radical (unpaired) electrons. The van der Waals surface area contributed by atoms with Crippen LogP contribution in [-0.2, 0) is 6.54 Å². The number of hydrogen-bond donors (Lipinski definition) is 2. The van der Waals surface area contributed by atoms with Crippen LogP contribution >= 0.6 is 0 Å². The first kappa shape index (κ1) is 10.3. The fourth-order valence-corrected chi connectivity index (χ4v) is 1.33. The maximum atomic E-state index is 11.5. The van der Waals surface area contributed by atoms with Gasteiger partial charge in [-0.2, -0.15) is 0 Å². The number of benzene rings is 1. The molecule has 0 atom stereocenters. The van der Waals surface area contributed by atoms with Gasteiger partial charge in [0.1, 0.15) is 12.0 Å². The van der Waals surface area contributed by atoms with Gasteiger partial charge in [0, 0.05) is 12.1 Å². The van der Waals surface area contributed by atoms with E-state index in [1.807, 2.05) is 0 Å². The molecule has 0 aliphatic heterocycles. The molecule has 0 unspecified atom stereocenters. The average Bonchev–Trinajstić information content (AvgIpc) is 2.81. The maximum Gasteiger partial charge on any atom is 0.254 e. The minimum absolute atomic E-state index is 0.176. The molecule has 0 saturated carbocycles. The van der Waals surface area contributed by atoms with Gasteiger partial charge >= 0.3 is 0 Å². The fraction of sp³-hybridized carbons (Fsp3) is 0.0833. The van der Waals surface area contributed by atoms with Crippen LogP contribution in [0.2, 0.25) is 0 Å². The molecular weight excluding hydrogens is 206 g/mol. The maximum absolute atomic E-state index is 11.5. The Labute approximate surface area is 92.5 Å². The summed E-state index contributed by atoms with van der Waals surface area (Å²) in [6.07, 6.45) is 2.81. The zero-order chi connectivity index (χ0) is 11.4. The van der Waals surface area contributed by atoms with Crippen LogP contribution in [-0.4, -0.2) is 11.0 Å². The van der Waals surface area contributed by atoms with E-state index >= 15 is 0 Å². The third kappa shape index (κ3) is 2.23. The summed E-state index contributed by atoms with van der Waals surface area (Å²) < 4.78 is 4.80. The van der Waals surface area contributed by atoms with Gasteiger partial charge in [0.25, 0.3) is 5.91 Å². The van der Waals surface area contributed by atoms with Crippen molar-refractivity contribution in [3.05, 3.63) is 54.0 Å². The van der Waals surface area contributed by atoms with E-state index in [-0.39, 0.29) is 18.2 Å². The fourth-order valence-electron chi connectivity index (χ4n) is 1.33. The Morgan fingerprint density at radius 2 is 2.12 bits per heavy atom. The number of aromatic hydroxyl groups is 1. The number of nitrogens with one attached hydrogen (secondary N) is 1. The number of rotatable bonds is 3. The predicted molar refractivity (Wildman–Crippen MR) is 58.0 cm³/mol. The van der Waals surface area contributed by atoms with Crippen LogP contribution in [0.25, 0.3) is 0 Å².